The van der Waals surface area contributed by atoms with Crippen molar-refractivity contribution in [2.75, 3.05) is 6.61 Å². The van der Waals surface area contributed by atoms with Crippen molar-refractivity contribution in [2.24, 2.45) is 0 Å². The highest BCUT2D eigenvalue weighted by Gasteiger charge is 1.94. The predicted octanol–water partition coefficient (Wildman–Crippen LogP) is 2.22. The van der Waals surface area contributed by atoms with Crippen LogP contribution in [0.25, 0.3) is 0 Å². The molecule has 0 spiro atoms. The summed E-state index contributed by atoms with van der Waals surface area (Å²) in [7, 11) is 0. The second-order valence-electron chi connectivity index (χ2n) is 2.46. The van der Waals surface area contributed by atoms with Crippen molar-refractivity contribution in [3.63, 3.8) is 0 Å². The summed E-state index contributed by atoms with van der Waals surface area (Å²) in [6.07, 6.45) is 5.78. The Morgan fingerprint density at radius 3 is 2.92 bits per heavy atom. The van der Waals surface area contributed by atoms with Crippen LogP contribution in [0.3, 0.4) is 0 Å². The first-order valence-electron chi connectivity index (χ1n) is 3.98. The van der Waals surface area contributed by atoms with E-state index in [0.717, 1.165) is 12.1 Å². The van der Waals surface area contributed by atoms with Crippen molar-refractivity contribution < 1.29 is 4.74 Å². The molecule has 1 aromatic rings. The molecule has 1 rings (SSSR count). The third-order valence-electron chi connectivity index (χ3n) is 1.39. The van der Waals surface area contributed by atoms with Gasteiger partial charge in [-0.3, -0.25) is 4.98 Å². The molecule has 0 saturated carbocycles. The number of hydrogen-bond acceptors (Lipinski definition) is 3. The van der Waals surface area contributed by atoms with Gasteiger partial charge in [-0.1, -0.05) is 17.7 Å². The van der Waals surface area contributed by atoms with Crippen LogP contribution >= 0.6 is 11.6 Å². The van der Waals surface area contributed by atoms with Crippen LogP contribution < -0.4 is 0 Å². The molecule has 1 aromatic heterocycles. The van der Waals surface area contributed by atoms with Crippen molar-refractivity contribution in [2.45, 2.75) is 13.0 Å². The van der Waals surface area contributed by atoms with E-state index in [2.05, 4.69) is 16.5 Å². The maximum atomic E-state index is 5.57. The van der Waals surface area contributed by atoms with E-state index in [0.29, 0.717) is 18.4 Å². The van der Waals surface area contributed by atoms with E-state index in [4.69, 9.17) is 16.3 Å². The molecule has 3 nitrogen and oxygen atoms in total. The number of halogens is 1. The summed E-state index contributed by atoms with van der Waals surface area (Å²) >= 11 is 5.57. The van der Waals surface area contributed by atoms with E-state index in [1.807, 2.05) is 6.08 Å². The fourth-order valence-electron chi connectivity index (χ4n) is 0.757. The summed E-state index contributed by atoms with van der Waals surface area (Å²) in [4.78, 5) is 7.91. The molecular weight excluding hydrogens is 188 g/mol. The summed E-state index contributed by atoms with van der Waals surface area (Å²) in [6, 6.07) is 0. The third-order valence-corrected chi connectivity index (χ3v) is 1.59. The lowest BCUT2D eigenvalue weighted by Crippen LogP contribution is -1.97. The quantitative estimate of drug-likeness (QED) is 0.538. The van der Waals surface area contributed by atoms with Crippen molar-refractivity contribution in [1.82, 2.24) is 9.97 Å². The maximum Gasteiger partial charge on any atom is 0.147 e. The van der Waals surface area contributed by atoms with Crippen molar-refractivity contribution in [1.29, 1.82) is 0 Å². The number of ether oxygens (including phenoxy) is 1. The highest BCUT2D eigenvalue weighted by atomic mass is 35.5. The number of rotatable bonds is 5. The maximum absolute atomic E-state index is 5.57. The molecule has 0 bridgehead atoms. The Bertz CT molecular complexity index is 261. The fourth-order valence-corrected chi connectivity index (χ4v) is 0.855. The van der Waals surface area contributed by atoms with Crippen molar-refractivity contribution >= 4 is 11.6 Å². The van der Waals surface area contributed by atoms with Gasteiger partial charge in [-0.05, 0) is 6.42 Å². The lowest BCUT2D eigenvalue weighted by atomic mass is 10.4. The molecule has 0 aliphatic carbocycles. The Hall–Kier alpha value is -0.930. The minimum absolute atomic E-state index is 0.398. The Morgan fingerprint density at radius 2 is 2.31 bits per heavy atom. The first-order chi connectivity index (χ1) is 6.33. The third kappa shape index (κ3) is 4.01. The fraction of sp³-hybridized carbons (Fsp3) is 0.333. The monoisotopic (exact) mass is 198 g/mol. The van der Waals surface area contributed by atoms with E-state index in [-0.39, 0.29) is 0 Å². The summed E-state index contributed by atoms with van der Waals surface area (Å²) in [5, 5.41) is 0.398. The predicted molar refractivity (Wildman–Crippen MR) is 51.5 cm³/mol. The lowest BCUT2D eigenvalue weighted by molar-refractivity contribution is 0.122. The zero-order valence-electron chi connectivity index (χ0n) is 7.24. The molecule has 0 atom stereocenters. The number of nitrogens with zero attached hydrogens (tertiary/aromatic N) is 2. The minimum atomic E-state index is 0.398. The van der Waals surface area contributed by atoms with Gasteiger partial charge in [-0.2, -0.15) is 0 Å². The van der Waals surface area contributed by atoms with Gasteiger partial charge in [0.15, 0.2) is 0 Å². The van der Waals surface area contributed by atoms with Crippen molar-refractivity contribution in [3.8, 4) is 0 Å². The zero-order chi connectivity index (χ0) is 9.52. The molecule has 0 radical (unpaired) electrons. The van der Waals surface area contributed by atoms with Crippen molar-refractivity contribution in [3.05, 3.63) is 35.9 Å². The average molecular weight is 199 g/mol. The van der Waals surface area contributed by atoms with E-state index < -0.39 is 0 Å². The van der Waals surface area contributed by atoms with Gasteiger partial charge in [0.25, 0.3) is 0 Å². The Morgan fingerprint density at radius 1 is 1.46 bits per heavy atom. The molecule has 0 fully saturated rings. The van der Waals surface area contributed by atoms with Gasteiger partial charge in [-0.15, -0.1) is 6.58 Å². The minimum Gasteiger partial charge on any atom is -0.375 e. The largest absolute Gasteiger partial charge is 0.375 e. The van der Waals surface area contributed by atoms with Crippen LogP contribution in [-0.4, -0.2) is 16.6 Å². The molecule has 0 saturated heterocycles. The summed E-state index contributed by atoms with van der Waals surface area (Å²) in [5.74, 6) is 0. The summed E-state index contributed by atoms with van der Waals surface area (Å²) in [6.45, 7) is 4.72. The molecule has 0 unspecified atom stereocenters. The normalized spacial score (nSPS) is 9.92. The van der Waals surface area contributed by atoms with E-state index in [9.17, 15) is 0 Å². The zero-order valence-corrected chi connectivity index (χ0v) is 8.00. The van der Waals surface area contributed by atoms with Crippen LogP contribution in [0.1, 0.15) is 12.1 Å². The SMILES string of the molecule is C=CCCOCc1cnc(Cl)cn1. The van der Waals surface area contributed by atoms with Crippen LogP contribution in [0.5, 0.6) is 0 Å². The Balaban J connectivity index is 2.28. The highest BCUT2D eigenvalue weighted by molar-refractivity contribution is 6.29. The Labute approximate surface area is 82.4 Å². The summed E-state index contributed by atoms with van der Waals surface area (Å²) in [5.41, 5.74) is 0.786. The van der Waals surface area contributed by atoms with Crippen LogP contribution in [-0.2, 0) is 11.3 Å². The molecule has 13 heavy (non-hydrogen) atoms. The van der Waals surface area contributed by atoms with Crippen LogP contribution in [0.2, 0.25) is 5.15 Å². The smallest absolute Gasteiger partial charge is 0.147 e. The molecule has 0 N–H and O–H groups in total. The molecule has 4 heteroatoms. The molecular formula is C9H11ClN2O. The van der Waals surface area contributed by atoms with Gasteiger partial charge >= 0.3 is 0 Å². The highest BCUT2D eigenvalue weighted by Crippen LogP contribution is 2.02. The summed E-state index contributed by atoms with van der Waals surface area (Å²) < 4.78 is 5.28. The standard InChI is InChI=1S/C9H11ClN2O/c1-2-3-4-13-7-8-5-12-9(10)6-11-8/h2,5-6H,1,3-4,7H2. The van der Waals surface area contributed by atoms with Crippen LogP contribution in [0.15, 0.2) is 25.0 Å². The molecule has 1 heterocycles. The molecule has 0 amide bonds. The van der Waals surface area contributed by atoms with Gasteiger partial charge in [0.1, 0.15) is 5.15 Å². The van der Waals surface area contributed by atoms with Gasteiger partial charge in [0.2, 0.25) is 0 Å². The molecule has 0 aliphatic rings. The van der Waals surface area contributed by atoms with E-state index >= 15 is 0 Å². The second-order valence-corrected chi connectivity index (χ2v) is 2.85. The lowest BCUT2D eigenvalue weighted by Gasteiger charge is -2.00. The number of hydrogen-bond donors (Lipinski definition) is 0. The van der Waals surface area contributed by atoms with Gasteiger partial charge in [0.05, 0.1) is 31.3 Å². The second kappa shape index (κ2) is 5.67. The molecule has 0 aliphatic heterocycles. The molecule has 0 aromatic carbocycles. The molecule has 70 valence electrons. The van der Waals surface area contributed by atoms with Crippen LogP contribution in [0.4, 0.5) is 0 Å². The average Bonchev–Trinajstić information content (AvgIpc) is 2.15. The topological polar surface area (TPSA) is 35.0 Å². The van der Waals surface area contributed by atoms with Crippen LogP contribution in [0, 0.1) is 0 Å². The van der Waals surface area contributed by atoms with E-state index in [1.54, 1.807) is 6.20 Å². The van der Waals surface area contributed by atoms with Gasteiger partial charge in [0, 0.05) is 0 Å². The van der Waals surface area contributed by atoms with Gasteiger partial charge < -0.3 is 4.74 Å². The van der Waals surface area contributed by atoms with E-state index in [1.165, 1.54) is 6.20 Å². The number of aromatic nitrogens is 2. The Kier molecular flexibility index (Phi) is 4.43. The first kappa shape index (κ1) is 10.2. The van der Waals surface area contributed by atoms with Gasteiger partial charge in [-0.25, -0.2) is 4.98 Å². The first-order valence-corrected chi connectivity index (χ1v) is 4.36.